The predicted octanol–water partition coefficient (Wildman–Crippen LogP) is 6.06. The highest BCUT2D eigenvalue weighted by molar-refractivity contribution is 6.40. The maximum absolute atomic E-state index is 12.7. The Morgan fingerprint density at radius 3 is 2.10 bits per heavy atom. The topological polar surface area (TPSA) is 108 Å². The third-order valence-corrected chi connectivity index (χ3v) is 5.10. The van der Waals surface area contributed by atoms with Gasteiger partial charge in [0.25, 0.3) is 0 Å². The molecule has 0 amide bonds. The van der Waals surface area contributed by atoms with Gasteiger partial charge in [-0.15, -0.1) is 0 Å². The number of nitrogens with zero attached hydrogens (tertiary/aromatic N) is 3. The van der Waals surface area contributed by atoms with Crippen molar-refractivity contribution in [1.82, 2.24) is 5.16 Å². The van der Waals surface area contributed by atoms with Gasteiger partial charge in [-0.25, -0.2) is 9.63 Å². The summed E-state index contributed by atoms with van der Waals surface area (Å²) in [5, 5.41) is 18.9. The van der Waals surface area contributed by atoms with E-state index in [1.165, 1.54) is 25.1 Å². The summed E-state index contributed by atoms with van der Waals surface area (Å²) in [6.07, 6.45) is 0. The molecule has 0 radical (unpaired) electrons. The smallest absolute Gasteiger partial charge is 0.360 e. The van der Waals surface area contributed by atoms with E-state index in [1.54, 1.807) is 18.2 Å². The second-order valence-corrected chi connectivity index (χ2v) is 7.34. The first kappa shape index (κ1) is 22.0. The molecular formula is C18H9Cl4N3O5. The average molecular weight is 489 g/mol. The average Bonchev–Trinajstić information content (AvgIpc) is 3.04. The molecule has 154 valence electrons. The molecule has 0 bridgehead atoms. The molecule has 30 heavy (non-hydrogen) atoms. The number of nitro groups is 1. The number of hydrogen-bond donors (Lipinski definition) is 0. The fourth-order valence-electron chi connectivity index (χ4n) is 2.52. The quantitative estimate of drug-likeness (QED) is 0.145. The van der Waals surface area contributed by atoms with Crippen molar-refractivity contribution in [2.24, 2.45) is 5.16 Å². The van der Waals surface area contributed by atoms with Crippen molar-refractivity contribution >= 4 is 58.2 Å². The van der Waals surface area contributed by atoms with Crippen molar-refractivity contribution in [2.45, 2.75) is 6.92 Å². The van der Waals surface area contributed by atoms with E-state index < -0.39 is 16.7 Å². The molecule has 0 saturated carbocycles. The van der Waals surface area contributed by atoms with Crippen LogP contribution >= 0.6 is 46.4 Å². The molecule has 0 atom stereocenters. The Hall–Kier alpha value is -2.65. The van der Waals surface area contributed by atoms with Gasteiger partial charge in [-0.2, -0.15) is 0 Å². The Labute approximate surface area is 189 Å². The van der Waals surface area contributed by atoms with E-state index in [0.717, 1.165) is 0 Å². The molecule has 8 nitrogen and oxygen atoms in total. The summed E-state index contributed by atoms with van der Waals surface area (Å²) in [7, 11) is 0. The second-order valence-electron chi connectivity index (χ2n) is 5.71. The fourth-order valence-corrected chi connectivity index (χ4v) is 3.66. The summed E-state index contributed by atoms with van der Waals surface area (Å²) in [5.41, 5.74) is -0.115. The lowest BCUT2D eigenvalue weighted by Gasteiger charge is -2.05. The number of carbonyl (C=O) groups excluding carboxylic acids is 1. The van der Waals surface area contributed by atoms with E-state index in [0.29, 0.717) is 0 Å². The first-order valence-corrected chi connectivity index (χ1v) is 9.52. The second kappa shape index (κ2) is 9.01. The molecule has 0 N–H and O–H groups in total. The fraction of sp³-hybridized carbons (Fsp3) is 0.0556. The lowest BCUT2D eigenvalue weighted by Crippen LogP contribution is -2.16. The van der Waals surface area contributed by atoms with Crippen molar-refractivity contribution in [2.75, 3.05) is 0 Å². The molecular weight excluding hydrogens is 480 g/mol. The maximum Gasteiger partial charge on any atom is 0.420 e. The van der Waals surface area contributed by atoms with Crippen LogP contribution in [0.15, 0.2) is 46.1 Å². The van der Waals surface area contributed by atoms with E-state index in [-0.39, 0.29) is 48.2 Å². The Bertz CT molecular complexity index is 1150. The van der Waals surface area contributed by atoms with Crippen molar-refractivity contribution < 1.29 is 19.1 Å². The van der Waals surface area contributed by atoms with Gasteiger partial charge in [0.2, 0.25) is 0 Å². The SMILES string of the molecule is Cc1onc(-c2c(Cl)cccc2Cl)c1C(=O)O/N=C(\c1c(Cl)cccc1Cl)[N+](=O)[O-]. The molecule has 3 rings (SSSR count). The van der Waals surface area contributed by atoms with Crippen molar-refractivity contribution in [3.8, 4) is 11.3 Å². The van der Waals surface area contributed by atoms with Crippen LogP contribution in [0.3, 0.4) is 0 Å². The molecule has 3 aromatic rings. The molecule has 0 aliphatic carbocycles. The lowest BCUT2D eigenvalue weighted by atomic mass is 10.1. The first-order valence-electron chi connectivity index (χ1n) is 8.01. The van der Waals surface area contributed by atoms with Gasteiger partial charge in [0.1, 0.15) is 22.6 Å². The Kier molecular flexibility index (Phi) is 6.62. The van der Waals surface area contributed by atoms with Crippen LogP contribution in [0.5, 0.6) is 0 Å². The van der Waals surface area contributed by atoms with Gasteiger partial charge in [-0.05, 0) is 36.1 Å². The molecule has 0 fully saturated rings. The van der Waals surface area contributed by atoms with Gasteiger partial charge in [0, 0.05) is 5.56 Å². The van der Waals surface area contributed by atoms with Gasteiger partial charge >= 0.3 is 11.8 Å². The third kappa shape index (κ3) is 4.27. The van der Waals surface area contributed by atoms with Crippen LogP contribution in [-0.4, -0.2) is 21.9 Å². The van der Waals surface area contributed by atoms with Gasteiger partial charge < -0.3 is 14.6 Å². The number of benzene rings is 2. The van der Waals surface area contributed by atoms with Gasteiger partial charge in [0.15, 0.2) is 5.16 Å². The predicted molar refractivity (Wildman–Crippen MR) is 112 cm³/mol. The van der Waals surface area contributed by atoms with Crippen LogP contribution < -0.4 is 0 Å². The number of amidine groups is 1. The summed E-state index contributed by atoms with van der Waals surface area (Å²) < 4.78 is 5.07. The minimum atomic E-state index is -1.08. The van der Waals surface area contributed by atoms with Gasteiger partial charge in [-0.3, -0.25) is 0 Å². The highest BCUT2D eigenvalue weighted by Gasteiger charge is 2.30. The van der Waals surface area contributed by atoms with Crippen LogP contribution in [-0.2, 0) is 4.84 Å². The molecule has 12 heteroatoms. The van der Waals surface area contributed by atoms with Gasteiger partial charge in [-0.1, -0.05) is 63.7 Å². The largest absolute Gasteiger partial charge is 0.420 e. The van der Waals surface area contributed by atoms with E-state index >= 15 is 0 Å². The number of carbonyl (C=O) groups is 1. The summed E-state index contributed by atoms with van der Waals surface area (Å²) in [6, 6.07) is 8.96. The summed E-state index contributed by atoms with van der Waals surface area (Å²) in [6.45, 7) is 1.45. The standard InChI is InChI=1S/C18H9Cl4N3O5/c1-8-13(16(23-29-8)14-9(19)4-2-5-10(14)20)18(26)30-24-17(25(27)28)15-11(21)6-3-7-12(15)22/h2-7H,1H3/b24-17+. The van der Waals surface area contributed by atoms with Gasteiger partial charge in [0.05, 0.1) is 20.1 Å². The van der Waals surface area contributed by atoms with Crippen molar-refractivity contribution in [3.63, 3.8) is 0 Å². The Morgan fingerprint density at radius 2 is 1.57 bits per heavy atom. The maximum atomic E-state index is 12.7. The molecule has 0 saturated heterocycles. The highest BCUT2D eigenvalue weighted by atomic mass is 35.5. The summed E-state index contributed by atoms with van der Waals surface area (Å²) in [4.78, 5) is 28.0. The van der Waals surface area contributed by atoms with E-state index in [9.17, 15) is 14.9 Å². The van der Waals surface area contributed by atoms with Crippen molar-refractivity contribution in [3.05, 3.63) is 83.5 Å². The zero-order chi connectivity index (χ0) is 22.0. The van der Waals surface area contributed by atoms with Crippen LogP contribution in [0.25, 0.3) is 11.3 Å². The Balaban J connectivity index is 2.03. The highest BCUT2D eigenvalue weighted by Crippen LogP contribution is 2.37. The minimum Gasteiger partial charge on any atom is -0.360 e. The number of aromatic nitrogens is 1. The van der Waals surface area contributed by atoms with Crippen LogP contribution in [0, 0.1) is 17.0 Å². The van der Waals surface area contributed by atoms with Crippen molar-refractivity contribution in [1.29, 1.82) is 0 Å². The molecule has 1 heterocycles. The van der Waals surface area contributed by atoms with Crippen LogP contribution in [0.2, 0.25) is 20.1 Å². The van der Waals surface area contributed by atoms with Crippen LogP contribution in [0.4, 0.5) is 0 Å². The number of hydrogen-bond acceptors (Lipinski definition) is 7. The summed E-state index contributed by atoms with van der Waals surface area (Å²) >= 11 is 24.3. The van der Waals surface area contributed by atoms with E-state index in [2.05, 4.69) is 10.3 Å². The normalized spacial score (nSPS) is 11.4. The Morgan fingerprint density at radius 1 is 1.03 bits per heavy atom. The monoisotopic (exact) mass is 487 g/mol. The zero-order valence-electron chi connectivity index (χ0n) is 14.9. The molecule has 0 aliphatic rings. The minimum absolute atomic E-state index is 0.00160. The zero-order valence-corrected chi connectivity index (χ0v) is 17.9. The number of aryl methyl sites for hydroxylation is 1. The molecule has 0 spiro atoms. The first-order chi connectivity index (χ1) is 14.2. The third-order valence-electron chi connectivity index (χ3n) is 3.84. The number of oxime groups is 1. The van der Waals surface area contributed by atoms with E-state index in [4.69, 9.17) is 55.8 Å². The molecule has 1 aromatic heterocycles. The molecule has 0 aliphatic heterocycles. The lowest BCUT2D eigenvalue weighted by molar-refractivity contribution is -0.350. The molecule has 0 unspecified atom stereocenters. The summed E-state index contributed by atoms with van der Waals surface area (Å²) in [5.74, 6) is -1.87. The van der Waals surface area contributed by atoms with Crippen LogP contribution in [0.1, 0.15) is 21.7 Å². The number of rotatable bonds is 4. The van der Waals surface area contributed by atoms with E-state index in [1.807, 2.05) is 0 Å². The number of halogens is 4. The molecule has 2 aromatic carbocycles.